The number of amides is 2. The molecule has 0 unspecified atom stereocenters. The van der Waals surface area contributed by atoms with E-state index in [2.05, 4.69) is 9.88 Å². The van der Waals surface area contributed by atoms with Crippen LogP contribution in [0.25, 0.3) is 0 Å². The largest absolute Gasteiger partial charge is 0.458 e. The third-order valence-corrected chi connectivity index (χ3v) is 5.03. The summed E-state index contributed by atoms with van der Waals surface area (Å²) in [5, 5.41) is 3.04. The van der Waals surface area contributed by atoms with Gasteiger partial charge in [0.15, 0.2) is 0 Å². The van der Waals surface area contributed by atoms with Crippen LogP contribution >= 0.6 is 11.3 Å². The number of carbonyl (C=O) groups is 2. The average Bonchev–Trinajstić information content (AvgIpc) is 3.06. The first-order chi connectivity index (χ1) is 12.5. The minimum absolute atomic E-state index is 0.0188. The highest BCUT2D eigenvalue weighted by molar-refractivity contribution is 7.09. The normalized spacial score (nSPS) is 16.6. The first-order valence-electron chi connectivity index (χ1n) is 9.34. The number of aromatic nitrogens is 1. The Hall–Kier alpha value is -1.67. The highest BCUT2D eigenvalue weighted by Crippen LogP contribution is 2.23. The van der Waals surface area contributed by atoms with Gasteiger partial charge in [-0.2, -0.15) is 0 Å². The number of ether oxygens (including phenoxy) is 1. The van der Waals surface area contributed by atoms with E-state index in [1.807, 2.05) is 54.1 Å². The third kappa shape index (κ3) is 5.90. The van der Waals surface area contributed by atoms with Gasteiger partial charge in [-0.05, 0) is 40.8 Å². The molecule has 0 saturated carbocycles. The second kappa shape index (κ2) is 8.56. The molecule has 0 N–H and O–H groups in total. The summed E-state index contributed by atoms with van der Waals surface area (Å²) >= 11 is 1.61. The summed E-state index contributed by atoms with van der Waals surface area (Å²) < 4.78 is 5.55. The van der Waals surface area contributed by atoms with Crippen molar-refractivity contribution in [2.24, 2.45) is 5.92 Å². The van der Waals surface area contributed by atoms with Crippen LogP contribution in [0.3, 0.4) is 0 Å². The highest BCUT2D eigenvalue weighted by Gasteiger charge is 2.40. The highest BCUT2D eigenvalue weighted by atomic mass is 32.1. The van der Waals surface area contributed by atoms with Gasteiger partial charge in [0, 0.05) is 25.0 Å². The minimum atomic E-state index is -0.573. The Morgan fingerprint density at radius 2 is 2.00 bits per heavy atom. The maximum absolute atomic E-state index is 12.9. The average molecular weight is 397 g/mol. The molecule has 0 aromatic carbocycles. The van der Waals surface area contributed by atoms with Crippen molar-refractivity contribution in [1.29, 1.82) is 0 Å². The van der Waals surface area contributed by atoms with Crippen LogP contribution in [0.2, 0.25) is 0 Å². The smallest absolute Gasteiger partial charge is 0.329 e. The summed E-state index contributed by atoms with van der Waals surface area (Å²) in [4.78, 5) is 35.7. The number of hydrogen-bond acceptors (Lipinski definition) is 6. The van der Waals surface area contributed by atoms with Gasteiger partial charge in [0.2, 0.25) is 0 Å². The maximum atomic E-state index is 12.9. The van der Waals surface area contributed by atoms with Crippen molar-refractivity contribution >= 4 is 23.3 Å². The molecule has 0 aliphatic carbocycles. The van der Waals surface area contributed by atoms with E-state index in [1.54, 1.807) is 21.1 Å². The van der Waals surface area contributed by atoms with E-state index >= 15 is 0 Å². The number of urea groups is 1. The van der Waals surface area contributed by atoms with E-state index in [1.165, 1.54) is 0 Å². The third-order valence-electron chi connectivity index (χ3n) is 4.15. The Bertz CT molecular complexity index is 666. The molecule has 1 aliphatic rings. The van der Waals surface area contributed by atoms with Crippen molar-refractivity contribution in [3.63, 3.8) is 0 Å². The van der Waals surface area contributed by atoms with Crippen LogP contribution < -0.4 is 0 Å². The van der Waals surface area contributed by atoms with E-state index < -0.39 is 11.6 Å². The predicted molar refractivity (Wildman–Crippen MR) is 106 cm³/mol. The molecule has 152 valence electrons. The maximum Gasteiger partial charge on any atom is 0.329 e. The molecule has 1 fully saturated rings. The van der Waals surface area contributed by atoms with E-state index in [0.717, 1.165) is 17.2 Å². The van der Waals surface area contributed by atoms with Crippen LogP contribution in [0.4, 0.5) is 4.79 Å². The van der Waals surface area contributed by atoms with Crippen molar-refractivity contribution in [2.45, 2.75) is 59.4 Å². The monoisotopic (exact) mass is 396 g/mol. The lowest BCUT2D eigenvalue weighted by molar-refractivity contribution is -0.161. The van der Waals surface area contributed by atoms with Crippen molar-refractivity contribution < 1.29 is 14.3 Å². The Morgan fingerprint density at radius 1 is 1.33 bits per heavy atom. The molecule has 7 nitrogen and oxygen atoms in total. The van der Waals surface area contributed by atoms with Crippen LogP contribution in [0.5, 0.6) is 0 Å². The van der Waals surface area contributed by atoms with Crippen molar-refractivity contribution in [2.75, 3.05) is 27.2 Å². The van der Waals surface area contributed by atoms with Crippen LogP contribution in [0.1, 0.15) is 45.3 Å². The van der Waals surface area contributed by atoms with Crippen LogP contribution in [-0.2, 0) is 22.6 Å². The summed E-state index contributed by atoms with van der Waals surface area (Å²) in [7, 11) is 4.01. The van der Waals surface area contributed by atoms with Gasteiger partial charge in [0.25, 0.3) is 0 Å². The number of thiazole rings is 1. The standard InChI is InChI=1S/C19H32N4O3S/c1-13(2)16(17(24)26-19(3,4)5)23-9-8-22(18(23)25)10-14-12-27-15(20-14)11-21(6)7/h12-13,16H,8-11H2,1-7H3/t16-/m0/s1. The first-order valence-corrected chi connectivity index (χ1v) is 10.2. The molecule has 0 spiro atoms. The minimum Gasteiger partial charge on any atom is -0.458 e. The number of rotatable bonds is 7. The predicted octanol–water partition coefficient (Wildman–Crippen LogP) is 2.81. The molecule has 2 rings (SSSR count). The number of hydrogen-bond donors (Lipinski definition) is 0. The molecule has 8 heteroatoms. The fourth-order valence-electron chi connectivity index (χ4n) is 3.09. The lowest BCUT2D eigenvalue weighted by Crippen LogP contribution is -2.49. The van der Waals surface area contributed by atoms with E-state index in [9.17, 15) is 9.59 Å². The van der Waals surface area contributed by atoms with Crippen molar-refractivity contribution in [3.05, 3.63) is 16.1 Å². The topological polar surface area (TPSA) is 66.0 Å². The summed E-state index contributed by atoms with van der Waals surface area (Å²) in [6, 6.07) is -0.692. The number of esters is 1. The van der Waals surface area contributed by atoms with Gasteiger partial charge < -0.3 is 19.4 Å². The molecule has 1 aromatic rings. The molecule has 1 aromatic heterocycles. The van der Waals surface area contributed by atoms with Gasteiger partial charge in [0.05, 0.1) is 12.2 Å². The summed E-state index contributed by atoms with van der Waals surface area (Å²) in [5.74, 6) is -0.357. The van der Waals surface area contributed by atoms with Gasteiger partial charge in [-0.15, -0.1) is 11.3 Å². The fraction of sp³-hybridized carbons (Fsp3) is 0.737. The quantitative estimate of drug-likeness (QED) is 0.663. The zero-order valence-corrected chi connectivity index (χ0v) is 18.3. The van der Waals surface area contributed by atoms with E-state index in [0.29, 0.717) is 19.6 Å². The molecule has 0 bridgehead atoms. The Balaban J connectivity index is 2.05. The zero-order valence-electron chi connectivity index (χ0n) is 17.5. The van der Waals surface area contributed by atoms with Crippen molar-refractivity contribution in [3.8, 4) is 0 Å². The molecule has 2 amide bonds. The molecule has 1 aliphatic heterocycles. The summed E-state index contributed by atoms with van der Waals surface area (Å²) in [6.45, 7) is 11.8. The van der Waals surface area contributed by atoms with Gasteiger partial charge in [-0.1, -0.05) is 13.8 Å². The van der Waals surface area contributed by atoms with Crippen LogP contribution in [0, 0.1) is 5.92 Å². The second-order valence-corrected chi connectivity index (χ2v) is 9.53. The molecule has 27 heavy (non-hydrogen) atoms. The summed E-state index contributed by atoms with van der Waals surface area (Å²) in [6.07, 6.45) is 0. The Kier molecular flexibility index (Phi) is 6.86. The molecular weight excluding hydrogens is 364 g/mol. The number of nitrogens with zero attached hydrogens (tertiary/aromatic N) is 4. The van der Waals surface area contributed by atoms with E-state index in [-0.39, 0.29) is 17.9 Å². The van der Waals surface area contributed by atoms with Crippen molar-refractivity contribution in [1.82, 2.24) is 19.7 Å². The summed E-state index contributed by atoms with van der Waals surface area (Å²) in [5.41, 5.74) is 0.321. The lowest BCUT2D eigenvalue weighted by atomic mass is 10.0. The van der Waals surface area contributed by atoms with Gasteiger partial charge in [-0.3, -0.25) is 0 Å². The Morgan fingerprint density at radius 3 is 2.56 bits per heavy atom. The molecule has 2 heterocycles. The van der Waals surface area contributed by atoms with Crippen LogP contribution in [0.15, 0.2) is 5.38 Å². The number of carbonyl (C=O) groups excluding carboxylic acids is 2. The lowest BCUT2D eigenvalue weighted by Gasteiger charge is -2.31. The molecule has 0 radical (unpaired) electrons. The molecule has 1 saturated heterocycles. The zero-order chi connectivity index (χ0) is 20.4. The molecule has 1 atom stereocenters. The SMILES string of the molecule is CC(C)[C@@H](C(=O)OC(C)(C)C)N1CCN(Cc2csc(CN(C)C)n2)C1=O. The fourth-order valence-corrected chi connectivity index (χ4v) is 3.99. The van der Waals surface area contributed by atoms with E-state index in [4.69, 9.17) is 4.74 Å². The van der Waals surface area contributed by atoms with Gasteiger partial charge in [0.1, 0.15) is 16.7 Å². The first kappa shape index (κ1) is 21.6. The second-order valence-electron chi connectivity index (χ2n) is 8.59. The Labute approximate surface area is 166 Å². The van der Waals surface area contributed by atoms with Crippen LogP contribution in [-0.4, -0.2) is 70.5 Å². The van der Waals surface area contributed by atoms with Gasteiger partial charge in [-0.25, -0.2) is 14.6 Å². The molecular formula is C19H32N4O3S. The van der Waals surface area contributed by atoms with Gasteiger partial charge >= 0.3 is 12.0 Å².